The number of benzene rings is 2. The van der Waals surface area contributed by atoms with Crippen molar-refractivity contribution >= 4 is 46.4 Å². The number of aliphatic hydroxyl groups excluding tert-OH is 1. The van der Waals surface area contributed by atoms with E-state index in [1.165, 1.54) is 6.08 Å². The fraction of sp³-hybridized carbons (Fsp3) is 0.158. The summed E-state index contributed by atoms with van der Waals surface area (Å²) in [5.41, 5.74) is 3.75. The molecule has 2 aromatic rings. The van der Waals surface area contributed by atoms with Gasteiger partial charge in [-0.3, -0.25) is 4.79 Å². The van der Waals surface area contributed by atoms with Crippen molar-refractivity contribution in [3.63, 3.8) is 0 Å². The van der Waals surface area contributed by atoms with Crippen molar-refractivity contribution in [2.24, 2.45) is 0 Å². The predicted molar refractivity (Wildman–Crippen MR) is 107 cm³/mol. The molecular weight excluding hydrogens is 338 g/mol. The van der Waals surface area contributed by atoms with Gasteiger partial charge in [0.2, 0.25) is 0 Å². The first kappa shape index (κ1) is 18.2. The smallest absolute Gasteiger partial charge is 0.191 e. The van der Waals surface area contributed by atoms with Gasteiger partial charge >= 0.3 is 0 Å². The van der Waals surface area contributed by atoms with Gasteiger partial charge in [-0.05, 0) is 26.0 Å². The van der Waals surface area contributed by atoms with Crippen molar-refractivity contribution in [3.8, 4) is 0 Å². The summed E-state index contributed by atoms with van der Waals surface area (Å²) in [6.45, 7) is 3.87. The number of nitrogens with zero attached hydrogens (tertiary/aromatic N) is 1. The Balaban J connectivity index is 2.42. The SMILES string of the molecule is Cc1ccc(C(O)=CC(=O)c2cc(C)ccc2N(C)C(=S)S)cc1. The lowest BCUT2D eigenvalue weighted by Crippen LogP contribution is -2.22. The summed E-state index contributed by atoms with van der Waals surface area (Å²) in [6, 6.07) is 12.8. The van der Waals surface area contributed by atoms with Crippen molar-refractivity contribution in [2.75, 3.05) is 11.9 Å². The molecule has 0 heterocycles. The second-order valence-corrected chi connectivity index (χ2v) is 6.73. The number of carbonyl (C=O) groups is 1. The Morgan fingerprint density at radius 3 is 2.29 bits per heavy atom. The molecule has 0 fully saturated rings. The molecule has 0 aliphatic carbocycles. The Kier molecular flexibility index (Phi) is 5.80. The molecule has 0 radical (unpaired) electrons. The summed E-state index contributed by atoms with van der Waals surface area (Å²) in [5.74, 6) is -0.355. The molecule has 3 nitrogen and oxygen atoms in total. The van der Waals surface area contributed by atoms with E-state index in [1.807, 2.05) is 38.1 Å². The molecule has 2 rings (SSSR count). The number of allylic oxidation sites excluding steroid dienone is 1. The number of aryl methyl sites for hydroxylation is 2. The average molecular weight is 358 g/mol. The number of aliphatic hydroxyl groups is 1. The fourth-order valence-electron chi connectivity index (χ4n) is 2.25. The van der Waals surface area contributed by atoms with Crippen LogP contribution in [0.1, 0.15) is 27.0 Å². The third kappa shape index (κ3) is 4.24. The number of thiol groups is 1. The molecule has 5 heteroatoms. The van der Waals surface area contributed by atoms with Crippen LogP contribution in [0.3, 0.4) is 0 Å². The van der Waals surface area contributed by atoms with E-state index >= 15 is 0 Å². The van der Waals surface area contributed by atoms with Crippen LogP contribution in [0.2, 0.25) is 0 Å². The fourth-order valence-corrected chi connectivity index (χ4v) is 2.46. The molecule has 0 atom stereocenters. The summed E-state index contributed by atoms with van der Waals surface area (Å²) in [6.07, 6.45) is 1.23. The van der Waals surface area contributed by atoms with Crippen LogP contribution in [-0.2, 0) is 0 Å². The lowest BCUT2D eigenvalue weighted by Gasteiger charge is -2.20. The van der Waals surface area contributed by atoms with E-state index in [2.05, 4.69) is 12.6 Å². The largest absolute Gasteiger partial charge is 0.507 e. The van der Waals surface area contributed by atoms with Crippen LogP contribution in [0.15, 0.2) is 48.5 Å². The van der Waals surface area contributed by atoms with Gasteiger partial charge in [0.25, 0.3) is 0 Å². The van der Waals surface area contributed by atoms with Gasteiger partial charge in [0.15, 0.2) is 5.78 Å². The molecule has 0 unspecified atom stereocenters. The molecule has 0 aliphatic rings. The molecule has 1 N–H and O–H groups in total. The van der Waals surface area contributed by atoms with Crippen molar-refractivity contribution < 1.29 is 9.90 Å². The Bertz CT molecular complexity index is 811. The van der Waals surface area contributed by atoms with E-state index in [4.69, 9.17) is 12.2 Å². The van der Waals surface area contributed by atoms with Crippen LogP contribution in [0.5, 0.6) is 0 Å². The minimum atomic E-state index is -0.289. The standard InChI is InChI=1S/C19H19NO2S2/c1-12-4-7-14(8-5-12)17(21)11-18(22)15-10-13(2)6-9-16(15)20(3)19(23)24/h4-11,21H,1-3H3,(H,23,24). The van der Waals surface area contributed by atoms with Crippen molar-refractivity contribution in [3.05, 3.63) is 70.8 Å². The highest BCUT2D eigenvalue weighted by atomic mass is 32.1. The molecule has 2 aromatic carbocycles. The van der Waals surface area contributed by atoms with Gasteiger partial charge in [-0.15, -0.1) is 12.6 Å². The summed E-state index contributed by atoms with van der Waals surface area (Å²) >= 11 is 9.23. The van der Waals surface area contributed by atoms with Gasteiger partial charge in [0.1, 0.15) is 10.1 Å². The molecule has 0 saturated heterocycles. The second kappa shape index (κ2) is 7.64. The number of rotatable bonds is 4. The molecule has 0 spiro atoms. The molecular formula is C19H19NO2S2. The first-order valence-electron chi connectivity index (χ1n) is 7.39. The number of hydrogen-bond acceptors (Lipinski definition) is 3. The van der Waals surface area contributed by atoms with Crippen LogP contribution in [0.25, 0.3) is 5.76 Å². The van der Waals surface area contributed by atoms with E-state index in [1.54, 1.807) is 30.1 Å². The van der Waals surface area contributed by atoms with Gasteiger partial charge in [0, 0.05) is 24.3 Å². The average Bonchev–Trinajstić information content (AvgIpc) is 2.54. The number of hydrogen-bond donors (Lipinski definition) is 2. The third-order valence-corrected chi connectivity index (χ3v) is 4.25. The molecule has 0 amide bonds. The Hall–Kier alpha value is -2.11. The minimum Gasteiger partial charge on any atom is -0.507 e. The zero-order chi connectivity index (χ0) is 17.9. The normalized spacial score (nSPS) is 11.2. The summed E-state index contributed by atoms with van der Waals surface area (Å²) < 4.78 is 0.361. The number of anilines is 1. The van der Waals surface area contributed by atoms with Crippen LogP contribution in [0, 0.1) is 13.8 Å². The number of ketones is 1. The summed E-state index contributed by atoms with van der Waals surface area (Å²) in [7, 11) is 1.75. The predicted octanol–water partition coefficient (Wildman–Crippen LogP) is 4.74. The highest BCUT2D eigenvalue weighted by Crippen LogP contribution is 2.24. The Morgan fingerprint density at radius 2 is 1.71 bits per heavy atom. The molecule has 0 saturated carbocycles. The first-order chi connectivity index (χ1) is 11.3. The second-order valence-electron chi connectivity index (χ2n) is 5.62. The summed E-state index contributed by atoms with van der Waals surface area (Å²) in [4.78, 5) is 14.3. The number of carbonyl (C=O) groups excluding carboxylic acids is 1. The molecule has 0 aromatic heterocycles. The van der Waals surface area contributed by atoms with Gasteiger partial charge < -0.3 is 10.0 Å². The minimum absolute atomic E-state index is 0.0661. The zero-order valence-corrected chi connectivity index (χ0v) is 15.5. The highest BCUT2D eigenvalue weighted by Gasteiger charge is 2.15. The Labute approximate surface area is 153 Å². The quantitative estimate of drug-likeness (QED) is 0.273. The maximum absolute atomic E-state index is 12.7. The first-order valence-corrected chi connectivity index (χ1v) is 8.24. The maximum atomic E-state index is 12.7. The summed E-state index contributed by atoms with van der Waals surface area (Å²) in [5, 5.41) is 10.2. The molecule has 24 heavy (non-hydrogen) atoms. The van der Waals surface area contributed by atoms with Crippen molar-refractivity contribution in [2.45, 2.75) is 13.8 Å². The zero-order valence-electron chi connectivity index (χ0n) is 13.8. The van der Waals surface area contributed by atoms with Crippen molar-refractivity contribution in [1.29, 1.82) is 0 Å². The van der Waals surface area contributed by atoms with Crippen LogP contribution in [-0.4, -0.2) is 22.3 Å². The lowest BCUT2D eigenvalue weighted by atomic mass is 10.0. The van der Waals surface area contributed by atoms with E-state index in [9.17, 15) is 9.90 Å². The Morgan fingerprint density at radius 1 is 1.12 bits per heavy atom. The lowest BCUT2D eigenvalue weighted by molar-refractivity contribution is 0.104. The number of thiocarbonyl (C=S) groups is 1. The van der Waals surface area contributed by atoms with E-state index < -0.39 is 0 Å². The van der Waals surface area contributed by atoms with E-state index in [0.717, 1.165) is 11.1 Å². The monoisotopic (exact) mass is 357 g/mol. The molecule has 0 aliphatic heterocycles. The topological polar surface area (TPSA) is 40.5 Å². The highest BCUT2D eigenvalue weighted by molar-refractivity contribution is 8.11. The van der Waals surface area contributed by atoms with Gasteiger partial charge in [-0.2, -0.15) is 0 Å². The van der Waals surface area contributed by atoms with Crippen LogP contribution in [0.4, 0.5) is 5.69 Å². The maximum Gasteiger partial charge on any atom is 0.191 e. The van der Waals surface area contributed by atoms with Crippen LogP contribution >= 0.6 is 24.8 Å². The van der Waals surface area contributed by atoms with Crippen LogP contribution < -0.4 is 4.90 Å². The van der Waals surface area contributed by atoms with Crippen molar-refractivity contribution in [1.82, 2.24) is 0 Å². The van der Waals surface area contributed by atoms with Gasteiger partial charge in [-0.25, -0.2) is 0 Å². The van der Waals surface area contributed by atoms with E-state index in [0.29, 0.717) is 21.1 Å². The van der Waals surface area contributed by atoms with Gasteiger partial charge in [-0.1, -0.05) is 53.7 Å². The third-order valence-electron chi connectivity index (χ3n) is 3.68. The van der Waals surface area contributed by atoms with E-state index in [-0.39, 0.29) is 11.5 Å². The van der Waals surface area contributed by atoms with Gasteiger partial charge in [0.05, 0.1) is 5.69 Å². The molecule has 0 bridgehead atoms. The molecule has 124 valence electrons.